The molecule has 0 aliphatic carbocycles. The molecule has 0 fully saturated rings. The Balaban J connectivity index is 2.99. The zero-order valence-electron chi connectivity index (χ0n) is 10.3. The Morgan fingerprint density at radius 2 is 2.29 bits per heavy atom. The highest BCUT2D eigenvalue weighted by molar-refractivity contribution is 6.29. The molecule has 0 aliphatic heterocycles. The molecule has 1 atom stereocenters. The van der Waals surface area contributed by atoms with Crippen molar-refractivity contribution in [3.8, 4) is 0 Å². The minimum atomic E-state index is -0.387. The van der Waals surface area contributed by atoms with Gasteiger partial charge < -0.3 is 10.1 Å². The average molecular weight is 257 g/mol. The Morgan fingerprint density at radius 1 is 1.59 bits per heavy atom. The largest absolute Gasteiger partial charge is 0.462 e. The Kier molecular flexibility index (Phi) is 5.22. The predicted molar refractivity (Wildman–Crippen MR) is 68.6 cm³/mol. The number of nitrogens with one attached hydrogen (secondary N) is 1. The smallest absolute Gasteiger partial charge is 0.341 e. The second kappa shape index (κ2) is 6.45. The van der Waals surface area contributed by atoms with Crippen LogP contribution < -0.4 is 5.32 Å². The van der Waals surface area contributed by atoms with E-state index in [1.54, 1.807) is 13.0 Å². The first-order valence-corrected chi connectivity index (χ1v) is 6.05. The van der Waals surface area contributed by atoms with E-state index in [2.05, 4.69) is 17.2 Å². The average Bonchev–Trinajstić information content (AvgIpc) is 2.29. The lowest BCUT2D eigenvalue weighted by Crippen LogP contribution is -2.17. The third-order valence-corrected chi connectivity index (χ3v) is 2.59. The SMILES string of the molecule is CCOC(=O)c1cnc(Cl)cc1N[C@@H](C)CC. The van der Waals surface area contributed by atoms with Gasteiger partial charge in [0, 0.05) is 12.2 Å². The fourth-order valence-electron chi connectivity index (χ4n) is 1.29. The fraction of sp³-hybridized carbons (Fsp3) is 0.500. The molecule has 0 aliphatic rings. The molecule has 0 aromatic carbocycles. The Labute approximate surface area is 106 Å². The minimum Gasteiger partial charge on any atom is -0.462 e. The number of carbonyl (C=O) groups is 1. The van der Waals surface area contributed by atoms with Gasteiger partial charge in [0.05, 0.1) is 12.3 Å². The van der Waals surface area contributed by atoms with Crippen molar-refractivity contribution in [2.45, 2.75) is 33.2 Å². The van der Waals surface area contributed by atoms with Crippen LogP contribution >= 0.6 is 11.6 Å². The van der Waals surface area contributed by atoms with Crippen molar-refractivity contribution in [3.05, 3.63) is 23.0 Å². The fourth-order valence-corrected chi connectivity index (χ4v) is 1.45. The molecule has 0 saturated carbocycles. The highest BCUT2D eigenvalue weighted by Gasteiger charge is 2.14. The molecule has 0 radical (unpaired) electrons. The molecule has 0 amide bonds. The molecule has 1 N–H and O–H groups in total. The number of hydrogen-bond donors (Lipinski definition) is 1. The van der Waals surface area contributed by atoms with Crippen molar-refractivity contribution < 1.29 is 9.53 Å². The standard InChI is InChI=1S/C12H17ClN2O2/c1-4-8(3)15-10-6-11(13)14-7-9(10)12(16)17-5-2/h6-8H,4-5H2,1-3H3,(H,14,15)/t8-/m0/s1. The number of pyridine rings is 1. The number of rotatable bonds is 5. The maximum atomic E-state index is 11.7. The van der Waals surface area contributed by atoms with Crippen LogP contribution in [0, 0.1) is 0 Å². The highest BCUT2D eigenvalue weighted by Crippen LogP contribution is 2.21. The summed E-state index contributed by atoms with van der Waals surface area (Å²) >= 11 is 5.82. The van der Waals surface area contributed by atoms with Gasteiger partial charge in [-0.2, -0.15) is 0 Å². The van der Waals surface area contributed by atoms with Crippen LogP contribution in [0.15, 0.2) is 12.3 Å². The minimum absolute atomic E-state index is 0.252. The quantitative estimate of drug-likeness (QED) is 0.650. The molecule has 1 aromatic heterocycles. The van der Waals surface area contributed by atoms with Crippen molar-refractivity contribution in [1.29, 1.82) is 0 Å². The van der Waals surface area contributed by atoms with Crippen LogP contribution in [0.3, 0.4) is 0 Å². The topological polar surface area (TPSA) is 51.2 Å². The molecule has 4 nitrogen and oxygen atoms in total. The van der Waals surface area contributed by atoms with Crippen molar-refractivity contribution in [1.82, 2.24) is 4.98 Å². The molecule has 5 heteroatoms. The molecular weight excluding hydrogens is 240 g/mol. The summed E-state index contributed by atoms with van der Waals surface area (Å²) in [5.41, 5.74) is 1.08. The van der Waals surface area contributed by atoms with Crippen LogP contribution in [0.5, 0.6) is 0 Å². The zero-order valence-corrected chi connectivity index (χ0v) is 11.0. The number of nitrogens with zero attached hydrogens (tertiary/aromatic N) is 1. The van der Waals surface area contributed by atoms with Gasteiger partial charge in [0.15, 0.2) is 0 Å². The summed E-state index contributed by atoms with van der Waals surface area (Å²) < 4.78 is 4.96. The lowest BCUT2D eigenvalue weighted by atomic mass is 10.2. The van der Waals surface area contributed by atoms with E-state index < -0.39 is 0 Å². The third-order valence-electron chi connectivity index (χ3n) is 2.38. The maximum Gasteiger partial charge on any atom is 0.341 e. The van der Waals surface area contributed by atoms with Gasteiger partial charge in [-0.3, -0.25) is 0 Å². The number of carbonyl (C=O) groups excluding carboxylic acids is 1. The van der Waals surface area contributed by atoms with E-state index in [1.165, 1.54) is 6.20 Å². The summed E-state index contributed by atoms with van der Waals surface area (Å²) in [5, 5.41) is 3.57. The van der Waals surface area contributed by atoms with Crippen LogP contribution in [0.4, 0.5) is 5.69 Å². The van der Waals surface area contributed by atoms with Crippen molar-refractivity contribution in [2.75, 3.05) is 11.9 Å². The van der Waals surface area contributed by atoms with Gasteiger partial charge in [0.2, 0.25) is 0 Å². The van der Waals surface area contributed by atoms with Crippen LogP contribution in [-0.4, -0.2) is 23.6 Å². The number of aromatic nitrogens is 1. The van der Waals surface area contributed by atoms with Crippen LogP contribution in [0.1, 0.15) is 37.6 Å². The first-order chi connectivity index (χ1) is 8.08. The molecule has 1 heterocycles. The summed E-state index contributed by atoms with van der Waals surface area (Å²) in [5.74, 6) is -0.387. The van der Waals surface area contributed by atoms with E-state index in [4.69, 9.17) is 16.3 Å². The molecule has 1 rings (SSSR count). The van der Waals surface area contributed by atoms with E-state index in [0.29, 0.717) is 23.0 Å². The van der Waals surface area contributed by atoms with E-state index in [-0.39, 0.29) is 12.0 Å². The molecule has 0 saturated heterocycles. The Hall–Kier alpha value is -1.29. The second-order valence-electron chi connectivity index (χ2n) is 3.73. The lowest BCUT2D eigenvalue weighted by molar-refractivity contribution is 0.0527. The normalized spacial score (nSPS) is 12.0. The van der Waals surface area contributed by atoms with Crippen molar-refractivity contribution in [3.63, 3.8) is 0 Å². The first kappa shape index (κ1) is 13.8. The van der Waals surface area contributed by atoms with E-state index in [0.717, 1.165) is 6.42 Å². The van der Waals surface area contributed by atoms with Gasteiger partial charge in [-0.1, -0.05) is 18.5 Å². The van der Waals surface area contributed by atoms with Crippen LogP contribution in [0.25, 0.3) is 0 Å². The molecule has 0 spiro atoms. The monoisotopic (exact) mass is 256 g/mol. The molecular formula is C12H17ClN2O2. The van der Waals surface area contributed by atoms with Crippen molar-refractivity contribution >= 4 is 23.3 Å². The third kappa shape index (κ3) is 3.89. The molecule has 0 bridgehead atoms. The summed E-state index contributed by atoms with van der Waals surface area (Å²) in [6.07, 6.45) is 2.38. The summed E-state index contributed by atoms with van der Waals surface area (Å²) in [6.45, 7) is 6.20. The molecule has 17 heavy (non-hydrogen) atoms. The highest BCUT2D eigenvalue weighted by atomic mass is 35.5. The van der Waals surface area contributed by atoms with Gasteiger partial charge in [0.1, 0.15) is 10.7 Å². The lowest BCUT2D eigenvalue weighted by Gasteiger charge is -2.15. The molecule has 0 unspecified atom stereocenters. The number of halogens is 1. The summed E-state index contributed by atoms with van der Waals surface area (Å²) in [6, 6.07) is 1.89. The van der Waals surface area contributed by atoms with E-state index >= 15 is 0 Å². The molecule has 94 valence electrons. The Bertz CT molecular complexity index is 396. The van der Waals surface area contributed by atoms with Crippen LogP contribution in [0.2, 0.25) is 5.15 Å². The number of ether oxygens (including phenoxy) is 1. The van der Waals surface area contributed by atoms with Gasteiger partial charge in [-0.05, 0) is 26.3 Å². The maximum absolute atomic E-state index is 11.7. The Morgan fingerprint density at radius 3 is 2.88 bits per heavy atom. The predicted octanol–water partition coefficient (Wildman–Crippen LogP) is 3.12. The van der Waals surface area contributed by atoms with Gasteiger partial charge >= 0.3 is 5.97 Å². The number of hydrogen-bond acceptors (Lipinski definition) is 4. The summed E-state index contributed by atoms with van der Waals surface area (Å²) in [4.78, 5) is 15.6. The number of esters is 1. The number of anilines is 1. The second-order valence-corrected chi connectivity index (χ2v) is 4.11. The first-order valence-electron chi connectivity index (χ1n) is 5.67. The van der Waals surface area contributed by atoms with Crippen molar-refractivity contribution in [2.24, 2.45) is 0 Å². The summed E-state index contributed by atoms with van der Waals surface area (Å²) in [7, 11) is 0. The van der Waals surface area contributed by atoms with E-state index in [1.807, 2.05) is 6.92 Å². The van der Waals surface area contributed by atoms with Gasteiger partial charge in [-0.25, -0.2) is 9.78 Å². The zero-order chi connectivity index (χ0) is 12.8. The van der Waals surface area contributed by atoms with E-state index in [9.17, 15) is 4.79 Å². The van der Waals surface area contributed by atoms with Gasteiger partial charge in [-0.15, -0.1) is 0 Å². The van der Waals surface area contributed by atoms with Crippen LogP contribution in [-0.2, 0) is 4.74 Å². The van der Waals surface area contributed by atoms with Gasteiger partial charge in [0.25, 0.3) is 0 Å². The molecule has 1 aromatic rings.